The van der Waals surface area contributed by atoms with E-state index in [1.54, 1.807) is 6.07 Å². The Labute approximate surface area is 177 Å². The Morgan fingerprint density at radius 3 is 2.79 bits per heavy atom. The molecule has 0 atom stereocenters. The minimum atomic E-state index is -3.60. The molecule has 0 bridgehead atoms. The number of nitrogens with zero attached hydrogens (tertiary/aromatic N) is 3. The van der Waals surface area contributed by atoms with Gasteiger partial charge in [-0.25, -0.2) is 8.42 Å². The summed E-state index contributed by atoms with van der Waals surface area (Å²) >= 11 is 3.32. The number of nitriles is 1. The summed E-state index contributed by atoms with van der Waals surface area (Å²) in [5, 5.41) is 18.4. The molecule has 0 spiro atoms. The van der Waals surface area contributed by atoms with Gasteiger partial charge in [0.1, 0.15) is 11.6 Å². The molecule has 154 valence electrons. The summed E-state index contributed by atoms with van der Waals surface area (Å²) in [7, 11) is -3.60. The molecule has 2 aromatic rings. The van der Waals surface area contributed by atoms with Crippen LogP contribution in [-0.4, -0.2) is 48.5 Å². The number of carbonyl (C=O) groups is 1. The number of halogens is 1. The average Bonchev–Trinajstić information content (AvgIpc) is 3.35. The van der Waals surface area contributed by atoms with Crippen LogP contribution in [-0.2, 0) is 16.4 Å². The third-order valence-electron chi connectivity index (χ3n) is 4.76. The summed E-state index contributed by atoms with van der Waals surface area (Å²) in [6.07, 6.45) is 2.75. The molecule has 1 aromatic carbocycles. The zero-order chi connectivity index (χ0) is 21.0. The van der Waals surface area contributed by atoms with Gasteiger partial charge in [-0.1, -0.05) is 0 Å². The number of anilines is 1. The van der Waals surface area contributed by atoms with Gasteiger partial charge in [0, 0.05) is 24.1 Å². The lowest BCUT2D eigenvalue weighted by Gasteiger charge is -2.16. The van der Waals surface area contributed by atoms with Crippen molar-refractivity contribution in [3.05, 3.63) is 39.5 Å². The quantitative estimate of drug-likeness (QED) is 0.514. The van der Waals surface area contributed by atoms with Crippen LogP contribution >= 0.6 is 15.9 Å². The molecule has 3 rings (SSSR count). The predicted octanol–water partition coefficient (Wildman–Crippen LogP) is 1.77. The Kier molecular flexibility index (Phi) is 6.56. The SMILES string of the molecule is N#Cc1c(N)n[nH]c1CCCNC(=O)c1cc(S(=O)(=O)N2CCCC2)ccc1Br. The molecule has 1 fully saturated rings. The van der Waals surface area contributed by atoms with E-state index in [2.05, 4.69) is 31.4 Å². The maximum Gasteiger partial charge on any atom is 0.252 e. The Balaban J connectivity index is 1.64. The number of benzene rings is 1. The number of nitrogens with two attached hydrogens (primary N) is 1. The highest BCUT2D eigenvalue weighted by molar-refractivity contribution is 9.10. The van der Waals surface area contributed by atoms with E-state index in [0.29, 0.717) is 48.2 Å². The van der Waals surface area contributed by atoms with Crippen LogP contribution in [0.15, 0.2) is 27.6 Å². The van der Waals surface area contributed by atoms with E-state index in [9.17, 15) is 13.2 Å². The minimum absolute atomic E-state index is 0.111. The zero-order valence-corrected chi connectivity index (χ0v) is 18.0. The maximum absolute atomic E-state index is 12.7. The molecule has 0 radical (unpaired) electrons. The maximum atomic E-state index is 12.7. The van der Waals surface area contributed by atoms with Gasteiger partial charge < -0.3 is 11.1 Å². The summed E-state index contributed by atoms with van der Waals surface area (Å²) in [6.45, 7) is 1.35. The molecule has 1 aromatic heterocycles. The Hall–Kier alpha value is -2.42. The molecule has 2 heterocycles. The topological polar surface area (TPSA) is 145 Å². The van der Waals surface area contributed by atoms with Crippen LogP contribution < -0.4 is 11.1 Å². The molecule has 1 aliphatic rings. The lowest BCUT2D eigenvalue weighted by atomic mass is 10.1. The monoisotopic (exact) mass is 480 g/mol. The molecular formula is C18H21BrN6O3S. The number of H-pyrrole nitrogens is 1. The minimum Gasteiger partial charge on any atom is -0.381 e. The van der Waals surface area contributed by atoms with Crippen LogP contribution in [0.4, 0.5) is 5.82 Å². The van der Waals surface area contributed by atoms with E-state index in [-0.39, 0.29) is 22.2 Å². The number of carbonyl (C=O) groups excluding carboxylic acids is 1. The van der Waals surface area contributed by atoms with Gasteiger partial charge in [-0.15, -0.1) is 0 Å². The van der Waals surface area contributed by atoms with Crippen LogP contribution in [0.25, 0.3) is 0 Å². The van der Waals surface area contributed by atoms with Crippen LogP contribution in [0.1, 0.15) is 40.9 Å². The van der Waals surface area contributed by atoms with Crippen molar-refractivity contribution in [2.75, 3.05) is 25.4 Å². The normalized spacial score (nSPS) is 14.6. The lowest BCUT2D eigenvalue weighted by molar-refractivity contribution is 0.0952. The number of aromatic amines is 1. The first-order chi connectivity index (χ1) is 13.8. The van der Waals surface area contributed by atoms with Gasteiger partial charge in [-0.2, -0.15) is 14.7 Å². The fourth-order valence-corrected chi connectivity index (χ4v) is 5.15. The number of rotatable bonds is 7. The van der Waals surface area contributed by atoms with Gasteiger partial charge in [0.15, 0.2) is 5.82 Å². The summed E-state index contributed by atoms with van der Waals surface area (Å²) < 4.78 is 27.4. The molecule has 0 saturated carbocycles. The second kappa shape index (κ2) is 8.94. The smallest absolute Gasteiger partial charge is 0.252 e. The average molecular weight is 481 g/mol. The van der Waals surface area contributed by atoms with E-state index >= 15 is 0 Å². The third kappa shape index (κ3) is 4.60. The fraction of sp³-hybridized carbons (Fsp3) is 0.389. The highest BCUT2D eigenvalue weighted by atomic mass is 79.9. The number of sulfonamides is 1. The molecule has 0 unspecified atom stereocenters. The molecule has 11 heteroatoms. The molecule has 29 heavy (non-hydrogen) atoms. The Bertz CT molecular complexity index is 1050. The van der Waals surface area contributed by atoms with Crippen molar-refractivity contribution >= 4 is 37.7 Å². The number of hydrogen-bond donors (Lipinski definition) is 3. The van der Waals surface area contributed by atoms with Gasteiger partial charge in [0.2, 0.25) is 10.0 Å². The predicted molar refractivity (Wildman–Crippen MR) is 111 cm³/mol. The molecule has 9 nitrogen and oxygen atoms in total. The summed E-state index contributed by atoms with van der Waals surface area (Å²) in [5.41, 5.74) is 6.80. The number of nitrogens with one attached hydrogen (secondary N) is 2. The van der Waals surface area contributed by atoms with E-state index in [1.807, 2.05) is 6.07 Å². The first-order valence-electron chi connectivity index (χ1n) is 9.15. The number of aryl methyl sites for hydroxylation is 1. The Morgan fingerprint density at radius 2 is 2.10 bits per heavy atom. The van der Waals surface area contributed by atoms with E-state index < -0.39 is 10.0 Å². The highest BCUT2D eigenvalue weighted by Gasteiger charge is 2.28. The molecule has 0 aliphatic carbocycles. The van der Waals surface area contributed by atoms with Gasteiger partial charge >= 0.3 is 0 Å². The van der Waals surface area contributed by atoms with Gasteiger partial charge in [0.05, 0.1) is 16.2 Å². The van der Waals surface area contributed by atoms with E-state index in [0.717, 1.165) is 12.8 Å². The number of amides is 1. The number of aromatic nitrogens is 2. The molecule has 1 saturated heterocycles. The second-order valence-corrected chi connectivity index (χ2v) is 9.48. The molecule has 1 amide bonds. The largest absolute Gasteiger partial charge is 0.381 e. The summed E-state index contributed by atoms with van der Waals surface area (Å²) in [6, 6.07) is 6.47. The van der Waals surface area contributed by atoms with Gasteiger partial charge in [-0.3, -0.25) is 9.89 Å². The van der Waals surface area contributed by atoms with Crippen molar-refractivity contribution in [1.29, 1.82) is 5.26 Å². The van der Waals surface area contributed by atoms with Crippen LogP contribution in [0.5, 0.6) is 0 Å². The van der Waals surface area contributed by atoms with Crippen molar-refractivity contribution in [2.24, 2.45) is 0 Å². The molecule has 4 N–H and O–H groups in total. The zero-order valence-electron chi connectivity index (χ0n) is 15.6. The van der Waals surface area contributed by atoms with Crippen molar-refractivity contribution in [1.82, 2.24) is 19.8 Å². The molecular weight excluding hydrogens is 460 g/mol. The third-order valence-corrected chi connectivity index (χ3v) is 7.34. The van der Waals surface area contributed by atoms with Gasteiger partial charge in [-0.05, 0) is 59.8 Å². The number of nitrogen functional groups attached to an aromatic ring is 1. The van der Waals surface area contributed by atoms with E-state index in [4.69, 9.17) is 11.0 Å². The lowest BCUT2D eigenvalue weighted by Crippen LogP contribution is -2.29. The second-order valence-electron chi connectivity index (χ2n) is 6.69. The first-order valence-corrected chi connectivity index (χ1v) is 11.4. The first kappa shape index (κ1) is 21.3. The fourth-order valence-electron chi connectivity index (χ4n) is 3.18. The van der Waals surface area contributed by atoms with Crippen LogP contribution in [0.3, 0.4) is 0 Å². The van der Waals surface area contributed by atoms with Crippen LogP contribution in [0.2, 0.25) is 0 Å². The number of hydrogen-bond acceptors (Lipinski definition) is 6. The highest BCUT2D eigenvalue weighted by Crippen LogP contribution is 2.25. The van der Waals surface area contributed by atoms with Crippen LogP contribution in [0, 0.1) is 11.3 Å². The summed E-state index contributed by atoms with van der Waals surface area (Å²) in [4.78, 5) is 12.7. The van der Waals surface area contributed by atoms with Crippen molar-refractivity contribution < 1.29 is 13.2 Å². The van der Waals surface area contributed by atoms with Gasteiger partial charge in [0.25, 0.3) is 5.91 Å². The van der Waals surface area contributed by atoms with Crippen molar-refractivity contribution in [3.8, 4) is 6.07 Å². The Morgan fingerprint density at radius 1 is 1.38 bits per heavy atom. The standard InChI is InChI=1S/C18H21BrN6O3S/c19-15-6-5-12(29(27,28)25-8-1-2-9-25)10-13(15)18(26)22-7-3-4-16-14(11-20)17(21)24-23-16/h5-6,10H,1-4,7-9H2,(H,22,26)(H3,21,23,24). The summed E-state index contributed by atoms with van der Waals surface area (Å²) in [5.74, 6) is -0.216. The van der Waals surface area contributed by atoms with Crippen molar-refractivity contribution in [3.63, 3.8) is 0 Å². The van der Waals surface area contributed by atoms with E-state index in [1.165, 1.54) is 16.4 Å². The van der Waals surface area contributed by atoms with Crippen molar-refractivity contribution in [2.45, 2.75) is 30.6 Å². The molecule has 1 aliphatic heterocycles.